The Bertz CT molecular complexity index is 1200. The molecule has 4 rings (SSSR count). The van der Waals surface area contributed by atoms with Crippen LogP contribution in [0.4, 0.5) is 27.7 Å². The highest BCUT2D eigenvalue weighted by Gasteiger charge is 2.06. The van der Waals surface area contributed by atoms with E-state index in [4.69, 9.17) is 0 Å². The van der Waals surface area contributed by atoms with Crippen molar-refractivity contribution in [2.24, 2.45) is 0 Å². The minimum Gasteiger partial charge on any atom is -0.340 e. The number of aryl methyl sites for hydroxylation is 3. The number of hydrogen-bond donors (Lipinski definition) is 3. The molecular weight excluding hydrogens is 390 g/mol. The Kier molecular flexibility index (Phi) is 5.61. The molecule has 31 heavy (non-hydrogen) atoms. The zero-order valence-corrected chi connectivity index (χ0v) is 17.5. The first-order valence-corrected chi connectivity index (χ1v) is 9.83. The van der Waals surface area contributed by atoms with Gasteiger partial charge >= 0.3 is 6.03 Å². The lowest BCUT2D eigenvalue weighted by Gasteiger charge is -2.11. The first-order valence-electron chi connectivity index (χ1n) is 9.83. The van der Waals surface area contributed by atoms with E-state index in [9.17, 15) is 4.79 Å². The van der Waals surface area contributed by atoms with Crippen molar-refractivity contribution in [2.75, 3.05) is 16.0 Å². The Balaban J connectivity index is 1.40. The normalized spacial score (nSPS) is 10.5. The third kappa shape index (κ3) is 5.05. The summed E-state index contributed by atoms with van der Waals surface area (Å²) in [6, 6.07) is 14.8. The van der Waals surface area contributed by atoms with Crippen LogP contribution in [0, 0.1) is 20.8 Å². The molecule has 156 valence electrons. The summed E-state index contributed by atoms with van der Waals surface area (Å²) in [5.74, 6) is 2.05. The van der Waals surface area contributed by atoms with Gasteiger partial charge in [0, 0.05) is 35.5 Å². The van der Waals surface area contributed by atoms with Crippen LogP contribution in [-0.4, -0.2) is 25.6 Å². The number of hydrogen-bond acceptors (Lipinski definition) is 5. The fourth-order valence-electron chi connectivity index (χ4n) is 3.04. The van der Waals surface area contributed by atoms with Gasteiger partial charge in [0.2, 0.25) is 0 Å². The van der Waals surface area contributed by atoms with Crippen LogP contribution in [0.2, 0.25) is 0 Å². The van der Waals surface area contributed by atoms with Crippen molar-refractivity contribution in [3.63, 3.8) is 0 Å². The highest BCUT2D eigenvalue weighted by molar-refractivity contribution is 5.99. The van der Waals surface area contributed by atoms with Crippen LogP contribution < -0.4 is 16.0 Å². The maximum Gasteiger partial charge on any atom is 0.323 e. The standard InChI is InChI=1S/C23H23N7O/c1-15-4-5-20(12-16(15)2)29-23(31)28-19-8-6-18(7-9-19)27-21-13-22(26-17(3)25-21)30-11-10-24-14-30/h4-14H,1-3H3,(H,25,26,27)(H2,28,29,31). The van der Waals surface area contributed by atoms with Gasteiger partial charge in [-0.05, 0) is 68.3 Å². The SMILES string of the molecule is Cc1nc(Nc2ccc(NC(=O)Nc3ccc(C)c(C)c3)cc2)cc(-n2ccnc2)n1. The molecule has 2 heterocycles. The number of carbonyl (C=O) groups excluding carboxylic acids is 1. The summed E-state index contributed by atoms with van der Waals surface area (Å²) in [6.45, 7) is 5.89. The highest BCUT2D eigenvalue weighted by atomic mass is 16.2. The van der Waals surface area contributed by atoms with Crippen LogP contribution in [-0.2, 0) is 0 Å². The fraction of sp³-hybridized carbons (Fsp3) is 0.130. The number of nitrogens with one attached hydrogen (secondary N) is 3. The molecule has 2 aromatic carbocycles. The number of imidazole rings is 1. The van der Waals surface area contributed by atoms with Crippen molar-refractivity contribution in [1.29, 1.82) is 0 Å². The van der Waals surface area contributed by atoms with E-state index in [2.05, 4.69) is 30.9 Å². The number of aromatic nitrogens is 4. The topological polar surface area (TPSA) is 96.8 Å². The van der Waals surface area contributed by atoms with E-state index in [1.807, 2.05) is 80.1 Å². The van der Waals surface area contributed by atoms with E-state index < -0.39 is 0 Å². The van der Waals surface area contributed by atoms with Gasteiger partial charge in [0.15, 0.2) is 0 Å². The predicted octanol–water partition coefficient (Wildman–Crippen LogP) is 4.98. The molecule has 0 saturated heterocycles. The first-order chi connectivity index (χ1) is 15.0. The molecule has 2 aromatic heterocycles. The average molecular weight is 413 g/mol. The van der Waals surface area contributed by atoms with E-state index in [1.165, 1.54) is 5.56 Å². The Morgan fingerprint density at radius 1 is 0.839 bits per heavy atom. The van der Waals surface area contributed by atoms with Crippen molar-refractivity contribution in [3.8, 4) is 5.82 Å². The van der Waals surface area contributed by atoms with Crippen molar-refractivity contribution in [3.05, 3.63) is 84.2 Å². The van der Waals surface area contributed by atoms with Crippen LogP contribution in [0.15, 0.2) is 67.3 Å². The van der Waals surface area contributed by atoms with Crippen molar-refractivity contribution < 1.29 is 4.79 Å². The van der Waals surface area contributed by atoms with Gasteiger partial charge in [0.25, 0.3) is 0 Å². The number of benzene rings is 2. The minimum absolute atomic E-state index is 0.291. The molecule has 0 unspecified atom stereocenters. The van der Waals surface area contributed by atoms with E-state index in [0.29, 0.717) is 17.3 Å². The van der Waals surface area contributed by atoms with Gasteiger partial charge in [0.1, 0.15) is 23.8 Å². The van der Waals surface area contributed by atoms with Crippen LogP contribution in [0.1, 0.15) is 17.0 Å². The quantitative estimate of drug-likeness (QED) is 0.429. The smallest absolute Gasteiger partial charge is 0.323 e. The number of carbonyl (C=O) groups is 1. The zero-order valence-electron chi connectivity index (χ0n) is 17.5. The molecule has 0 aliphatic carbocycles. The van der Waals surface area contributed by atoms with Crippen LogP contribution in [0.5, 0.6) is 0 Å². The number of anilines is 4. The summed E-state index contributed by atoms with van der Waals surface area (Å²) in [5, 5.41) is 8.95. The molecule has 4 aromatic rings. The summed E-state index contributed by atoms with van der Waals surface area (Å²) < 4.78 is 1.82. The summed E-state index contributed by atoms with van der Waals surface area (Å²) in [6.07, 6.45) is 5.22. The van der Waals surface area contributed by atoms with Gasteiger partial charge < -0.3 is 16.0 Å². The van der Waals surface area contributed by atoms with Gasteiger partial charge in [-0.3, -0.25) is 4.57 Å². The molecule has 0 spiro atoms. The van der Waals surface area contributed by atoms with Gasteiger partial charge in [-0.15, -0.1) is 0 Å². The minimum atomic E-state index is -0.291. The van der Waals surface area contributed by atoms with E-state index in [1.54, 1.807) is 12.5 Å². The maximum absolute atomic E-state index is 12.3. The van der Waals surface area contributed by atoms with Gasteiger partial charge in [-0.1, -0.05) is 6.07 Å². The zero-order chi connectivity index (χ0) is 21.8. The molecule has 0 bridgehead atoms. The molecule has 8 nitrogen and oxygen atoms in total. The monoisotopic (exact) mass is 413 g/mol. The Hall–Kier alpha value is -4.20. The van der Waals surface area contributed by atoms with Crippen LogP contribution in [0.3, 0.4) is 0 Å². The summed E-state index contributed by atoms with van der Waals surface area (Å²) in [4.78, 5) is 25.2. The second-order valence-corrected chi connectivity index (χ2v) is 7.21. The van der Waals surface area contributed by atoms with Crippen LogP contribution >= 0.6 is 0 Å². The number of urea groups is 1. The lowest BCUT2D eigenvalue weighted by molar-refractivity contribution is 0.262. The summed E-state index contributed by atoms with van der Waals surface area (Å²) in [5.41, 5.74) is 4.60. The van der Waals surface area contributed by atoms with E-state index >= 15 is 0 Å². The highest BCUT2D eigenvalue weighted by Crippen LogP contribution is 2.20. The molecule has 0 fully saturated rings. The van der Waals surface area contributed by atoms with Crippen molar-refractivity contribution >= 4 is 28.9 Å². The molecule has 0 radical (unpaired) electrons. The Morgan fingerprint density at radius 3 is 2.26 bits per heavy atom. The maximum atomic E-state index is 12.3. The second-order valence-electron chi connectivity index (χ2n) is 7.21. The molecule has 0 atom stereocenters. The van der Waals surface area contributed by atoms with Gasteiger partial charge in [0.05, 0.1) is 0 Å². The van der Waals surface area contributed by atoms with Crippen LogP contribution in [0.25, 0.3) is 5.82 Å². The van der Waals surface area contributed by atoms with E-state index in [-0.39, 0.29) is 6.03 Å². The number of nitrogens with zero attached hydrogens (tertiary/aromatic N) is 4. The summed E-state index contributed by atoms with van der Waals surface area (Å²) in [7, 11) is 0. The number of amides is 2. The molecule has 8 heteroatoms. The molecule has 0 aliphatic heterocycles. The predicted molar refractivity (Wildman–Crippen MR) is 122 cm³/mol. The number of rotatable bonds is 5. The lowest BCUT2D eigenvalue weighted by Crippen LogP contribution is -2.19. The first kappa shape index (κ1) is 20.1. The molecule has 2 amide bonds. The van der Waals surface area contributed by atoms with E-state index in [0.717, 1.165) is 22.8 Å². The molecule has 3 N–H and O–H groups in total. The van der Waals surface area contributed by atoms with Crippen molar-refractivity contribution in [2.45, 2.75) is 20.8 Å². The molecule has 0 saturated carbocycles. The fourth-order valence-corrected chi connectivity index (χ4v) is 3.04. The summed E-state index contributed by atoms with van der Waals surface area (Å²) >= 11 is 0. The third-order valence-electron chi connectivity index (χ3n) is 4.77. The molecule has 0 aliphatic rings. The molecular formula is C23H23N7O. The Labute approximate surface area is 180 Å². The van der Waals surface area contributed by atoms with Gasteiger partial charge in [-0.25, -0.2) is 19.7 Å². The average Bonchev–Trinajstić information content (AvgIpc) is 3.27. The second kappa shape index (κ2) is 8.66. The van der Waals surface area contributed by atoms with Crippen molar-refractivity contribution in [1.82, 2.24) is 19.5 Å². The Morgan fingerprint density at radius 2 is 1.55 bits per heavy atom. The third-order valence-corrected chi connectivity index (χ3v) is 4.77. The largest absolute Gasteiger partial charge is 0.340 e. The van der Waals surface area contributed by atoms with Gasteiger partial charge in [-0.2, -0.15) is 0 Å². The lowest BCUT2D eigenvalue weighted by atomic mass is 10.1.